The van der Waals surface area contributed by atoms with Gasteiger partial charge in [0.15, 0.2) is 9.84 Å². The largest absolute Gasteiger partial charge is 0.353 e. The van der Waals surface area contributed by atoms with Crippen LogP contribution in [0.4, 0.5) is 0 Å². The van der Waals surface area contributed by atoms with Gasteiger partial charge in [-0.1, -0.05) is 36.4 Å². The van der Waals surface area contributed by atoms with Crippen LogP contribution in [0.3, 0.4) is 0 Å². The van der Waals surface area contributed by atoms with Crippen LogP contribution in [0.1, 0.15) is 35.7 Å². The number of nitrogens with zero attached hydrogens (tertiary/aromatic N) is 1. The molecule has 1 saturated heterocycles. The summed E-state index contributed by atoms with van der Waals surface area (Å²) in [6.45, 7) is 2.55. The summed E-state index contributed by atoms with van der Waals surface area (Å²) in [5, 5.41) is 2.88. The molecule has 0 atom stereocenters. The van der Waals surface area contributed by atoms with Crippen LogP contribution in [-0.4, -0.2) is 44.3 Å². The SMILES string of the molecule is CC(=O)NC1CCN(C(=O)c2cccc(S(=O)(=O)Cc3ccccc3)c2)CC1. The fourth-order valence-corrected chi connectivity index (χ4v) is 4.79. The Kier molecular flexibility index (Phi) is 6.14. The van der Waals surface area contributed by atoms with E-state index in [9.17, 15) is 18.0 Å². The van der Waals surface area contributed by atoms with Crippen LogP contribution in [0.5, 0.6) is 0 Å². The van der Waals surface area contributed by atoms with Crippen LogP contribution >= 0.6 is 0 Å². The van der Waals surface area contributed by atoms with E-state index >= 15 is 0 Å². The summed E-state index contributed by atoms with van der Waals surface area (Å²) in [7, 11) is -3.54. The molecule has 7 heteroatoms. The molecule has 0 aromatic heterocycles. The Morgan fingerprint density at radius 1 is 1.04 bits per heavy atom. The first kappa shape index (κ1) is 20.1. The van der Waals surface area contributed by atoms with Gasteiger partial charge in [0.2, 0.25) is 5.91 Å². The minimum Gasteiger partial charge on any atom is -0.353 e. The van der Waals surface area contributed by atoms with Gasteiger partial charge >= 0.3 is 0 Å². The van der Waals surface area contributed by atoms with Crippen molar-refractivity contribution in [1.29, 1.82) is 0 Å². The molecular formula is C21H24N2O4S. The molecule has 2 aromatic rings. The zero-order chi connectivity index (χ0) is 20.1. The standard InChI is InChI=1S/C21H24N2O4S/c1-16(24)22-19-10-12-23(13-11-19)21(25)18-8-5-9-20(14-18)28(26,27)15-17-6-3-2-4-7-17/h2-9,14,19H,10-13,15H2,1H3,(H,22,24). The Hall–Kier alpha value is -2.67. The van der Waals surface area contributed by atoms with Gasteiger partial charge in [0.1, 0.15) is 0 Å². The lowest BCUT2D eigenvalue weighted by molar-refractivity contribution is -0.119. The Morgan fingerprint density at radius 3 is 2.36 bits per heavy atom. The molecule has 28 heavy (non-hydrogen) atoms. The summed E-state index contributed by atoms with van der Waals surface area (Å²) >= 11 is 0. The van der Waals surface area contributed by atoms with E-state index in [1.165, 1.54) is 19.1 Å². The highest BCUT2D eigenvalue weighted by Crippen LogP contribution is 2.20. The van der Waals surface area contributed by atoms with Gasteiger partial charge in [-0.3, -0.25) is 9.59 Å². The second-order valence-corrected chi connectivity index (χ2v) is 9.03. The lowest BCUT2D eigenvalue weighted by Gasteiger charge is -2.32. The monoisotopic (exact) mass is 400 g/mol. The molecule has 0 unspecified atom stereocenters. The van der Waals surface area contributed by atoms with Crippen molar-refractivity contribution >= 4 is 21.7 Å². The third kappa shape index (κ3) is 4.98. The van der Waals surface area contributed by atoms with Crippen LogP contribution in [0, 0.1) is 0 Å². The maximum absolute atomic E-state index is 12.8. The van der Waals surface area contributed by atoms with Gasteiger partial charge in [-0.2, -0.15) is 0 Å². The van der Waals surface area contributed by atoms with Gasteiger partial charge in [-0.05, 0) is 36.6 Å². The number of nitrogens with one attached hydrogen (secondary N) is 1. The molecule has 0 saturated carbocycles. The van der Waals surface area contributed by atoms with Crippen LogP contribution in [0.15, 0.2) is 59.5 Å². The number of hydrogen-bond donors (Lipinski definition) is 1. The first-order valence-corrected chi connectivity index (χ1v) is 10.9. The van der Waals surface area contributed by atoms with Gasteiger partial charge in [0, 0.05) is 31.6 Å². The number of carbonyl (C=O) groups is 2. The van der Waals surface area contributed by atoms with Crippen LogP contribution in [0.25, 0.3) is 0 Å². The molecule has 2 aromatic carbocycles. The predicted molar refractivity (Wildman–Crippen MR) is 107 cm³/mol. The topological polar surface area (TPSA) is 83.6 Å². The van der Waals surface area contributed by atoms with Gasteiger partial charge in [-0.25, -0.2) is 8.42 Å². The molecule has 1 aliphatic heterocycles. The molecule has 0 bridgehead atoms. The summed E-state index contributed by atoms with van der Waals surface area (Å²) in [4.78, 5) is 25.8. The van der Waals surface area contributed by atoms with E-state index in [1.807, 2.05) is 6.07 Å². The van der Waals surface area contributed by atoms with E-state index in [1.54, 1.807) is 41.3 Å². The molecular weight excluding hydrogens is 376 g/mol. The van der Waals surface area contributed by atoms with Crippen molar-refractivity contribution in [2.45, 2.75) is 36.5 Å². The Labute approximate surface area is 165 Å². The van der Waals surface area contributed by atoms with Gasteiger partial charge in [0.05, 0.1) is 10.6 Å². The van der Waals surface area contributed by atoms with Gasteiger partial charge < -0.3 is 10.2 Å². The second kappa shape index (κ2) is 8.56. The fourth-order valence-electron chi connectivity index (χ4n) is 3.40. The minimum absolute atomic E-state index is 0.0684. The van der Waals surface area contributed by atoms with Crippen molar-refractivity contribution < 1.29 is 18.0 Å². The van der Waals surface area contributed by atoms with Gasteiger partial charge in [-0.15, -0.1) is 0 Å². The quantitative estimate of drug-likeness (QED) is 0.835. The highest BCUT2D eigenvalue weighted by molar-refractivity contribution is 7.90. The van der Waals surface area contributed by atoms with Crippen LogP contribution in [-0.2, 0) is 20.4 Å². The van der Waals surface area contributed by atoms with Crippen molar-refractivity contribution in [2.24, 2.45) is 0 Å². The number of hydrogen-bond acceptors (Lipinski definition) is 4. The molecule has 1 N–H and O–H groups in total. The van der Waals surface area contributed by atoms with Crippen molar-refractivity contribution in [1.82, 2.24) is 10.2 Å². The molecule has 1 aliphatic rings. The number of amides is 2. The number of sulfone groups is 1. The third-order valence-electron chi connectivity index (χ3n) is 4.83. The fraction of sp³-hybridized carbons (Fsp3) is 0.333. The van der Waals surface area contributed by atoms with E-state index < -0.39 is 9.84 Å². The summed E-state index contributed by atoms with van der Waals surface area (Å²) < 4.78 is 25.5. The number of likely N-dealkylation sites (tertiary alicyclic amines) is 1. The molecule has 1 fully saturated rings. The maximum atomic E-state index is 12.8. The first-order valence-electron chi connectivity index (χ1n) is 9.28. The average molecular weight is 401 g/mol. The second-order valence-electron chi connectivity index (χ2n) is 7.04. The van der Waals surface area contributed by atoms with E-state index in [0.717, 1.165) is 0 Å². The molecule has 1 heterocycles. The van der Waals surface area contributed by atoms with E-state index in [2.05, 4.69) is 5.32 Å². The minimum atomic E-state index is -3.54. The smallest absolute Gasteiger partial charge is 0.253 e. The number of piperidine rings is 1. The van der Waals surface area contributed by atoms with E-state index in [4.69, 9.17) is 0 Å². The zero-order valence-electron chi connectivity index (χ0n) is 15.8. The third-order valence-corrected chi connectivity index (χ3v) is 6.51. The first-order chi connectivity index (χ1) is 13.3. The molecule has 148 valence electrons. The average Bonchev–Trinajstić information content (AvgIpc) is 2.68. The highest BCUT2D eigenvalue weighted by atomic mass is 32.2. The van der Waals surface area contributed by atoms with Crippen molar-refractivity contribution in [2.75, 3.05) is 13.1 Å². The Balaban J connectivity index is 1.71. The molecule has 0 radical (unpaired) electrons. The number of carbonyl (C=O) groups excluding carboxylic acids is 2. The zero-order valence-corrected chi connectivity index (χ0v) is 16.6. The molecule has 0 aliphatic carbocycles. The molecule has 0 spiro atoms. The lowest BCUT2D eigenvalue weighted by Crippen LogP contribution is -2.46. The van der Waals surface area contributed by atoms with Gasteiger partial charge in [0.25, 0.3) is 5.91 Å². The summed E-state index contributed by atoms with van der Waals surface area (Å²) in [5.74, 6) is -0.354. The lowest BCUT2D eigenvalue weighted by atomic mass is 10.0. The van der Waals surface area contributed by atoms with Crippen molar-refractivity contribution in [3.8, 4) is 0 Å². The van der Waals surface area contributed by atoms with E-state index in [-0.39, 0.29) is 28.5 Å². The van der Waals surface area contributed by atoms with Crippen molar-refractivity contribution in [3.63, 3.8) is 0 Å². The van der Waals surface area contributed by atoms with Crippen LogP contribution < -0.4 is 5.32 Å². The van der Waals surface area contributed by atoms with E-state index in [0.29, 0.717) is 37.1 Å². The Bertz CT molecular complexity index is 949. The number of benzene rings is 2. The predicted octanol–water partition coefficient (Wildman–Crippen LogP) is 2.40. The number of rotatable bonds is 5. The summed E-state index contributed by atoms with van der Waals surface area (Å²) in [5.41, 5.74) is 1.08. The van der Waals surface area contributed by atoms with Crippen LogP contribution in [0.2, 0.25) is 0 Å². The molecule has 2 amide bonds. The maximum Gasteiger partial charge on any atom is 0.253 e. The normalized spacial score (nSPS) is 15.2. The Morgan fingerprint density at radius 2 is 1.71 bits per heavy atom. The summed E-state index contributed by atoms with van der Waals surface area (Å²) in [6.07, 6.45) is 1.38. The summed E-state index contributed by atoms with van der Waals surface area (Å²) in [6, 6.07) is 15.3. The molecule has 3 rings (SSSR count). The molecule has 6 nitrogen and oxygen atoms in total. The highest BCUT2D eigenvalue weighted by Gasteiger charge is 2.25. The van der Waals surface area contributed by atoms with Crippen molar-refractivity contribution in [3.05, 3.63) is 65.7 Å².